The van der Waals surface area contributed by atoms with Gasteiger partial charge in [-0.2, -0.15) is 0 Å². The van der Waals surface area contributed by atoms with Gasteiger partial charge < -0.3 is 39.9 Å². The maximum Gasteiger partial charge on any atom is 0.190 e. The van der Waals surface area contributed by atoms with Crippen LogP contribution in [0.3, 0.4) is 0 Å². The van der Waals surface area contributed by atoms with E-state index >= 15 is 0 Å². The Morgan fingerprint density at radius 1 is 0.774 bits per heavy atom. The number of H-pyrrole nitrogens is 2. The second-order valence-electron chi connectivity index (χ2n) is 11.9. The summed E-state index contributed by atoms with van der Waals surface area (Å²) in [5.41, 5.74) is 3.20. The van der Waals surface area contributed by atoms with Gasteiger partial charge in [-0.05, 0) is 52.0 Å². The second kappa shape index (κ2) is 20.1. The number of aromatic hydroxyl groups is 1. The molecule has 0 unspecified atom stereocenters. The van der Waals surface area contributed by atoms with Crippen molar-refractivity contribution in [3.8, 4) is 34.3 Å². The minimum absolute atomic E-state index is 0.0672. The third-order valence-corrected chi connectivity index (χ3v) is 9.67. The van der Waals surface area contributed by atoms with E-state index in [4.69, 9.17) is 32.7 Å². The number of ether oxygens (including phenoxy) is 3. The Labute approximate surface area is 333 Å². The maximum absolute atomic E-state index is 12.5. The number of pyridine rings is 2. The Hall–Kier alpha value is -3.70. The van der Waals surface area contributed by atoms with Crippen LogP contribution >= 0.6 is 61.8 Å². The van der Waals surface area contributed by atoms with Crippen molar-refractivity contribution in [2.45, 2.75) is 39.8 Å². The molecule has 0 atom stereocenters. The SMILES string of the molecule is CC(C)Nc1nc(-c2cc(=O)c3ccc(O)c(Cl)c3[nH]2)cs1.COCCBr.COCCOc1ccc2c(=O)cc(-c3csc(NC(C)C)n3)[nH]c2c1Cl. The number of hydrogen-bond donors (Lipinski definition) is 5. The van der Waals surface area contributed by atoms with Crippen molar-refractivity contribution in [3.05, 3.63) is 77.7 Å². The largest absolute Gasteiger partial charge is 0.506 e. The summed E-state index contributed by atoms with van der Waals surface area (Å²) in [5, 5.41) is 23.9. The smallest absolute Gasteiger partial charge is 0.190 e. The molecule has 0 spiro atoms. The highest BCUT2D eigenvalue weighted by molar-refractivity contribution is 9.09. The van der Waals surface area contributed by atoms with Crippen LogP contribution in [0.1, 0.15) is 27.7 Å². The van der Waals surface area contributed by atoms with Gasteiger partial charge in [-0.1, -0.05) is 39.1 Å². The lowest BCUT2D eigenvalue weighted by Crippen LogP contribution is -2.09. The first-order valence-electron chi connectivity index (χ1n) is 16.4. The summed E-state index contributed by atoms with van der Waals surface area (Å²) in [6, 6.07) is 9.95. The lowest BCUT2D eigenvalue weighted by Gasteiger charge is -2.10. The van der Waals surface area contributed by atoms with Crippen LogP contribution in [0.5, 0.6) is 11.5 Å². The van der Waals surface area contributed by atoms with Gasteiger partial charge >= 0.3 is 0 Å². The molecule has 0 aliphatic carbocycles. The number of thiazole rings is 2. The number of halogens is 3. The van der Waals surface area contributed by atoms with Crippen molar-refractivity contribution < 1.29 is 19.3 Å². The van der Waals surface area contributed by atoms with E-state index in [2.05, 4.69) is 51.2 Å². The molecule has 6 rings (SSSR count). The van der Waals surface area contributed by atoms with Crippen LogP contribution in [0, 0.1) is 0 Å². The fourth-order valence-electron chi connectivity index (χ4n) is 4.66. The van der Waals surface area contributed by atoms with Gasteiger partial charge in [0.2, 0.25) is 0 Å². The fourth-order valence-corrected chi connectivity index (χ4v) is 7.18. The van der Waals surface area contributed by atoms with E-state index in [1.807, 2.05) is 38.5 Å². The topological polar surface area (TPSA) is 163 Å². The number of phenols is 1. The van der Waals surface area contributed by atoms with Gasteiger partial charge in [0.15, 0.2) is 21.1 Å². The standard InChI is InChI=1S/C18H20ClN3O3S.C15H14ClN3O2S.C3H7BrO/c1-10(2)20-18-22-13(9-26-18)12-8-14(23)11-4-5-15(25-7-6-24-3)16(19)17(11)21-12;1-7(2)17-15-19-10(6-22-15)9-5-12(21)8-3-4-11(20)13(16)14(8)18-9;1-5-3-2-4/h4-5,8-10H,6-7H2,1-3H3,(H,20,22)(H,21,23);3-7,20H,1-2H3,(H,17,19)(H,18,21);2-3H2,1H3. The summed E-state index contributed by atoms with van der Waals surface area (Å²) in [6.45, 7) is 9.79. The molecule has 0 aliphatic rings. The Balaban J connectivity index is 0.000000212. The van der Waals surface area contributed by atoms with Crippen molar-refractivity contribution >= 4 is 93.9 Å². The van der Waals surface area contributed by atoms with Crippen molar-refractivity contribution in [1.29, 1.82) is 0 Å². The van der Waals surface area contributed by atoms with E-state index < -0.39 is 0 Å². The summed E-state index contributed by atoms with van der Waals surface area (Å²) in [7, 11) is 3.28. The number of anilines is 2. The number of hydrogen-bond acceptors (Lipinski definition) is 12. The molecule has 2 aromatic carbocycles. The number of aromatic amines is 2. The maximum atomic E-state index is 12.5. The first-order chi connectivity index (χ1) is 25.4. The summed E-state index contributed by atoms with van der Waals surface area (Å²) >= 11 is 18.7. The van der Waals surface area contributed by atoms with E-state index in [0.717, 1.165) is 22.2 Å². The van der Waals surface area contributed by atoms with E-state index in [-0.39, 0.29) is 33.7 Å². The summed E-state index contributed by atoms with van der Waals surface area (Å²) in [6.07, 6.45) is 0. The van der Waals surface area contributed by atoms with Gasteiger partial charge in [-0.3, -0.25) is 9.59 Å². The molecular weight excluding hydrogens is 827 g/mol. The molecule has 0 bridgehead atoms. The Bertz CT molecular complexity index is 2240. The monoisotopic (exact) mass is 866 g/mol. The number of benzene rings is 2. The van der Waals surface area contributed by atoms with Crippen molar-refractivity contribution in [1.82, 2.24) is 19.9 Å². The lowest BCUT2D eigenvalue weighted by atomic mass is 10.1. The lowest BCUT2D eigenvalue weighted by molar-refractivity contribution is 0.146. The van der Waals surface area contributed by atoms with Crippen molar-refractivity contribution in [2.75, 3.05) is 50.0 Å². The highest BCUT2D eigenvalue weighted by Gasteiger charge is 2.15. The van der Waals surface area contributed by atoms with Gasteiger partial charge in [-0.25, -0.2) is 9.97 Å². The highest BCUT2D eigenvalue weighted by Crippen LogP contribution is 2.33. The number of rotatable bonds is 12. The minimum Gasteiger partial charge on any atom is -0.506 e. The van der Waals surface area contributed by atoms with E-state index in [9.17, 15) is 14.7 Å². The number of nitrogens with zero attached hydrogens (tertiary/aromatic N) is 2. The molecule has 0 radical (unpaired) electrons. The molecule has 5 N–H and O–H groups in total. The van der Waals surface area contributed by atoms with Crippen LogP contribution in [-0.2, 0) is 9.47 Å². The van der Waals surface area contributed by atoms with Gasteiger partial charge in [0.1, 0.15) is 28.2 Å². The number of phenolic OH excluding ortho intramolecular Hbond substituents is 1. The van der Waals surface area contributed by atoms with E-state index in [0.29, 0.717) is 68.6 Å². The molecule has 53 heavy (non-hydrogen) atoms. The normalized spacial score (nSPS) is 11.0. The number of methoxy groups -OCH3 is 2. The molecule has 4 heterocycles. The van der Waals surface area contributed by atoms with Gasteiger partial charge in [0.25, 0.3) is 0 Å². The Morgan fingerprint density at radius 3 is 1.72 bits per heavy atom. The molecular formula is C36H41BrCl2N6O6S2. The highest BCUT2D eigenvalue weighted by atomic mass is 79.9. The first kappa shape index (κ1) is 42.0. The molecule has 284 valence electrons. The summed E-state index contributed by atoms with van der Waals surface area (Å²) in [5.74, 6) is 0.437. The number of fused-ring (bicyclic) bond motifs is 2. The van der Waals surface area contributed by atoms with Crippen molar-refractivity contribution in [3.63, 3.8) is 0 Å². The average Bonchev–Trinajstić information content (AvgIpc) is 3.78. The van der Waals surface area contributed by atoms with Gasteiger partial charge in [-0.15, -0.1) is 22.7 Å². The van der Waals surface area contributed by atoms with Crippen LogP contribution in [0.25, 0.3) is 44.6 Å². The van der Waals surface area contributed by atoms with Crippen LogP contribution < -0.4 is 26.2 Å². The molecule has 0 saturated carbocycles. The predicted octanol–water partition coefficient (Wildman–Crippen LogP) is 9.01. The number of nitrogens with one attached hydrogen (secondary N) is 4. The zero-order chi connectivity index (χ0) is 38.7. The zero-order valence-corrected chi connectivity index (χ0v) is 34.7. The summed E-state index contributed by atoms with van der Waals surface area (Å²) < 4.78 is 15.2. The Kier molecular flexibility index (Phi) is 16.0. The molecule has 0 amide bonds. The van der Waals surface area contributed by atoms with Crippen LogP contribution in [0.15, 0.2) is 56.7 Å². The minimum atomic E-state index is -0.169. The molecule has 0 fully saturated rings. The third-order valence-electron chi connectivity index (χ3n) is 7.04. The molecule has 4 aromatic heterocycles. The average molecular weight is 869 g/mol. The Morgan fingerprint density at radius 2 is 1.26 bits per heavy atom. The summed E-state index contributed by atoms with van der Waals surface area (Å²) in [4.78, 5) is 40.0. The van der Waals surface area contributed by atoms with Crippen LogP contribution in [0.4, 0.5) is 10.3 Å². The van der Waals surface area contributed by atoms with Gasteiger partial charge in [0, 0.05) is 65.3 Å². The quantitative estimate of drug-likeness (QED) is 0.0593. The predicted molar refractivity (Wildman–Crippen MR) is 224 cm³/mol. The fraction of sp³-hybridized carbons (Fsp3) is 0.333. The zero-order valence-electron chi connectivity index (χ0n) is 29.9. The second-order valence-corrected chi connectivity index (χ2v) is 15.2. The van der Waals surface area contributed by atoms with Crippen molar-refractivity contribution in [2.24, 2.45) is 0 Å². The van der Waals surface area contributed by atoms with E-state index in [1.165, 1.54) is 34.8 Å². The van der Waals surface area contributed by atoms with Crippen LogP contribution in [0.2, 0.25) is 10.0 Å². The molecule has 0 aliphatic heterocycles. The first-order valence-corrected chi connectivity index (χ1v) is 20.0. The van der Waals surface area contributed by atoms with Crippen LogP contribution in [-0.4, -0.2) is 76.5 Å². The molecule has 0 saturated heterocycles. The molecule has 17 heteroatoms. The number of aromatic nitrogens is 4. The molecule has 12 nitrogen and oxygen atoms in total. The third kappa shape index (κ3) is 11.4. The van der Waals surface area contributed by atoms with Gasteiger partial charge in [0.05, 0.1) is 47.0 Å². The van der Waals surface area contributed by atoms with E-state index in [1.54, 1.807) is 38.5 Å². The molecule has 6 aromatic rings. The number of alkyl halides is 1.